The molecule has 1 aromatic carbocycles. The maximum absolute atomic E-state index is 12.7. The number of rotatable bonds is 5. The van der Waals surface area contributed by atoms with Gasteiger partial charge in [-0.3, -0.25) is 4.90 Å². The smallest absolute Gasteiger partial charge is 0.410 e. The molecule has 0 saturated carbocycles. The van der Waals surface area contributed by atoms with Crippen LogP contribution in [0.1, 0.15) is 40.2 Å². The number of amides is 1. The number of halogens is 2. The fraction of sp³-hybridized carbons (Fsp3) is 0.650. The van der Waals surface area contributed by atoms with Crippen molar-refractivity contribution in [3.8, 4) is 5.75 Å². The predicted octanol–water partition coefficient (Wildman–Crippen LogP) is 4.12. The van der Waals surface area contributed by atoms with Crippen molar-refractivity contribution in [3.05, 3.63) is 29.8 Å². The number of nitrogens with zero attached hydrogens (tertiary/aromatic N) is 2. The summed E-state index contributed by atoms with van der Waals surface area (Å²) in [6.07, 6.45) is -0.294. The standard InChI is InChI=1S/C20H30F2N2O3/c1-19(2,3)27-18(25)24-12-10-23(11-13-24)14-20(4,5)15-8-6-7-9-16(15)26-17(21)22/h6-9,17H,10-14H2,1-5H3. The fourth-order valence-corrected chi connectivity index (χ4v) is 3.28. The van der Waals surface area contributed by atoms with Gasteiger partial charge in [-0.15, -0.1) is 0 Å². The van der Waals surface area contributed by atoms with Gasteiger partial charge in [0, 0.05) is 43.7 Å². The first kappa shape index (κ1) is 21.4. The SMILES string of the molecule is CC(C)(C)OC(=O)N1CCN(CC(C)(C)c2ccccc2OC(F)F)CC1. The normalized spacial score (nSPS) is 16.5. The Kier molecular flexibility index (Phi) is 6.68. The number of hydrogen-bond donors (Lipinski definition) is 0. The molecule has 0 radical (unpaired) electrons. The molecular formula is C20H30F2N2O3. The van der Waals surface area contributed by atoms with Crippen LogP contribution in [0, 0.1) is 0 Å². The first-order valence-electron chi connectivity index (χ1n) is 9.22. The molecule has 1 fully saturated rings. The van der Waals surface area contributed by atoms with Crippen molar-refractivity contribution in [1.82, 2.24) is 9.80 Å². The molecule has 0 atom stereocenters. The molecule has 0 aromatic heterocycles. The van der Waals surface area contributed by atoms with Crippen LogP contribution in [0.25, 0.3) is 0 Å². The Morgan fingerprint density at radius 3 is 2.22 bits per heavy atom. The van der Waals surface area contributed by atoms with Crippen LogP contribution in [0.4, 0.5) is 13.6 Å². The Morgan fingerprint density at radius 1 is 1.07 bits per heavy atom. The molecule has 2 rings (SSSR count). The highest BCUT2D eigenvalue weighted by atomic mass is 19.3. The molecule has 0 spiro atoms. The van der Waals surface area contributed by atoms with Crippen molar-refractivity contribution < 1.29 is 23.0 Å². The highest BCUT2D eigenvalue weighted by Gasteiger charge is 2.31. The molecule has 152 valence electrons. The van der Waals surface area contributed by atoms with Crippen molar-refractivity contribution >= 4 is 6.09 Å². The second-order valence-corrected chi connectivity index (χ2v) is 8.50. The molecule has 1 aliphatic rings. The number of para-hydroxylation sites is 1. The quantitative estimate of drug-likeness (QED) is 0.766. The Balaban J connectivity index is 1.97. The molecular weight excluding hydrogens is 354 g/mol. The minimum absolute atomic E-state index is 0.213. The molecule has 1 aliphatic heterocycles. The summed E-state index contributed by atoms with van der Waals surface area (Å²) in [5.74, 6) is 0.213. The van der Waals surface area contributed by atoms with Crippen LogP contribution < -0.4 is 4.74 Å². The first-order valence-corrected chi connectivity index (χ1v) is 9.22. The number of piperazine rings is 1. The van der Waals surface area contributed by atoms with Crippen molar-refractivity contribution in [2.45, 2.75) is 52.2 Å². The summed E-state index contributed by atoms with van der Waals surface area (Å²) in [6.45, 7) is 10.00. The number of hydrogen-bond acceptors (Lipinski definition) is 4. The molecule has 0 unspecified atom stereocenters. The van der Waals surface area contributed by atoms with E-state index in [0.29, 0.717) is 32.7 Å². The minimum atomic E-state index is -2.85. The summed E-state index contributed by atoms with van der Waals surface area (Å²) in [4.78, 5) is 16.1. The molecule has 1 saturated heterocycles. The van der Waals surface area contributed by atoms with Crippen molar-refractivity contribution in [1.29, 1.82) is 0 Å². The Hall–Kier alpha value is -1.89. The molecule has 0 bridgehead atoms. The molecule has 5 nitrogen and oxygen atoms in total. The van der Waals surface area contributed by atoms with Crippen LogP contribution in [0.15, 0.2) is 24.3 Å². The first-order chi connectivity index (χ1) is 12.5. The van der Waals surface area contributed by atoms with Crippen LogP contribution in [0.5, 0.6) is 5.75 Å². The van der Waals surface area contributed by atoms with Gasteiger partial charge in [-0.05, 0) is 26.8 Å². The van der Waals surface area contributed by atoms with Crippen molar-refractivity contribution in [2.75, 3.05) is 32.7 Å². The van der Waals surface area contributed by atoms with Gasteiger partial charge in [0.1, 0.15) is 11.4 Å². The summed E-state index contributed by atoms with van der Waals surface area (Å²) in [5, 5.41) is 0. The van der Waals surface area contributed by atoms with Crippen LogP contribution in [0.3, 0.4) is 0 Å². The van der Waals surface area contributed by atoms with Crippen LogP contribution in [-0.2, 0) is 10.2 Å². The van der Waals surface area contributed by atoms with Gasteiger partial charge < -0.3 is 14.4 Å². The van der Waals surface area contributed by atoms with E-state index in [9.17, 15) is 13.6 Å². The van der Waals surface area contributed by atoms with Crippen LogP contribution >= 0.6 is 0 Å². The van der Waals surface area contributed by atoms with E-state index in [0.717, 1.165) is 5.56 Å². The lowest BCUT2D eigenvalue weighted by Gasteiger charge is -2.39. The lowest BCUT2D eigenvalue weighted by molar-refractivity contribution is -0.0510. The number of carbonyl (C=O) groups excluding carboxylic acids is 1. The summed E-state index contributed by atoms with van der Waals surface area (Å²) >= 11 is 0. The van der Waals surface area contributed by atoms with E-state index in [1.165, 1.54) is 0 Å². The van der Waals surface area contributed by atoms with Gasteiger partial charge in [0.15, 0.2) is 0 Å². The number of benzene rings is 1. The minimum Gasteiger partial charge on any atom is -0.444 e. The van der Waals surface area contributed by atoms with E-state index in [1.807, 2.05) is 46.8 Å². The van der Waals surface area contributed by atoms with Gasteiger partial charge in [-0.1, -0.05) is 32.0 Å². The van der Waals surface area contributed by atoms with E-state index in [-0.39, 0.29) is 17.3 Å². The van der Waals surface area contributed by atoms with E-state index in [2.05, 4.69) is 4.90 Å². The Bertz CT molecular complexity index is 636. The number of carbonyl (C=O) groups is 1. The van der Waals surface area contributed by atoms with Gasteiger partial charge in [0.05, 0.1) is 0 Å². The zero-order chi connectivity index (χ0) is 20.2. The third kappa shape index (κ3) is 6.34. The average molecular weight is 384 g/mol. The predicted molar refractivity (Wildman–Crippen MR) is 100 cm³/mol. The van der Waals surface area contributed by atoms with Crippen LogP contribution in [-0.4, -0.2) is 60.8 Å². The van der Waals surface area contributed by atoms with Crippen molar-refractivity contribution in [2.24, 2.45) is 0 Å². The van der Waals surface area contributed by atoms with Gasteiger partial charge in [0.25, 0.3) is 0 Å². The highest BCUT2D eigenvalue weighted by molar-refractivity contribution is 5.68. The number of alkyl halides is 2. The zero-order valence-electron chi connectivity index (χ0n) is 16.8. The van der Waals surface area contributed by atoms with E-state index in [1.54, 1.807) is 17.0 Å². The lowest BCUT2D eigenvalue weighted by atomic mass is 9.83. The number of ether oxygens (including phenoxy) is 2. The molecule has 1 amide bonds. The third-order valence-electron chi connectivity index (χ3n) is 4.48. The molecule has 1 aromatic rings. The van der Waals surface area contributed by atoms with Gasteiger partial charge in [0.2, 0.25) is 0 Å². The fourth-order valence-electron chi connectivity index (χ4n) is 3.28. The molecule has 0 aliphatic carbocycles. The van der Waals surface area contributed by atoms with Gasteiger partial charge in [-0.2, -0.15) is 8.78 Å². The Morgan fingerprint density at radius 2 is 1.67 bits per heavy atom. The summed E-state index contributed by atoms with van der Waals surface area (Å²) in [6, 6.07) is 6.92. The molecule has 7 heteroatoms. The maximum atomic E-state index is 12.7. The second kappa shape index (κ2) is 8.42. The monoisotopic (exact) mass is 384 g/mol. The average Bonchev–Trinajstić information content (AvgIpc) is 2.53. The Labute approximate surface area is 160 Å². The maximum Gasteiger partial charge on any atom is 0.410 e. The third-order valence-corrected chi connectivity index (χ3v) is 4.48. The molecule has 1 heterocycles. The van der Waals surface area contributed by atoms with E-state index in [4.69, 9.17) is 9.47 Å². The topological polar surface area (TPSA) is 42.0 Å². The summed E-state index contributed by atoms with van der Waals surface area (Å²) in [5.41, 5.74) is -0.135. The zero-order valence-corrected chi connectivity index (χ0v) is 16.8. The largest absolute Gasteiger partial charge is 0.444 e. The van der Waals surface area contributed by atoms with E-state index >= 15 is 0 Å². The van der Waals surface area contributed by atoms with E-state index < -0.39 is 12.2 Å². The lowest BCUT2D eigenvalue weighted by Crippen LogP contribution is -2.52. The summed E-state index contributed by atoms with van der Waals surface area (Å²) < 4.78 is 35.5. The molecule has 0 N–H and O–H groups in total. The summed E-state index contributed by atoms with van der Waals surface area (Å²) in [7, 11) is 0. The van der Waals surface area contributed by atoms with Gasteiger partial charge in [-0.25, -0.2) is 4.79 Å². The second-order valence-electron chi connectivity index (χ2n) is 8.50. The molecule has 27 heavy (non-hydrogen) atoms. The van der Waals surface area contributed by atoms with Crippen LogP contribution in [0.2, 0.25) is 0 Å². The highest BCUT2D eigenvalue weighted by Crippen LogP contribution is 2.33. The van der Waals surface area contributed by atoms with Crippen molar-refractivity contribution in [3.63, 3.8) is 0 Å². The van der Waals surface area contributed by atoms with Gasteiger partial charge >= 0.3 is 12.7 Å².